The molecule has 0 saturated carbocycles. The molecule has 0 bridgehead atoms. The predicted octanol–water partition coefficient (Wildman–Crippen LogP) is 4.83. The number of benzene rings is 2. The minimum atomic E-state index is 0.636. The van der Waals surface area contributed by atoms with Crippen molar-refractivity contribution >= 4 is 11.8 Å². The molecule has 2 heterocycles. The maximum absolute atomic E-state index is 5.60. The van der Waals surface area contributed by atoms with Crippen molar-refractivity contribution in [1.82, 2.24) is 14.5 Å². The minimum Gasteiger partial charge on any atom is -0.497 e. The van der Waals surface area contributed by atoms with Gasteiger partial charge in [0.1, 0.15) is 12.0 Å². The van der Waals surface area contributed by atoms with Gasteiger partial charge in [0.25, 0.3) is 0 Å². The van der Waals surface area contributed by atoms with Crippen molar-refractivity contribution in [2.45, 2.75) is 10.9 Å². The molecule has 6 heteroatoms. The highest BCUT2D eigenvalue weighted by Gasteiger charge is 2.10. The van der Waals surface area contributed by atoms with Gasteiger partial charge in [0.15, 0.2) is 5.16 Å². The number of imidazole rings is 1. The van der Waals surface area contributed by atoms with Crippen LogP contribution in [0.1, 0.15) is 5.69 Å². The molecule has 0 aliphatic heterocycles. The first-order valence-electron chi connectivity index (χ1n) is 8.14. The van der Waals surface area contributed by atoms with E-state index in [-0.39, 0.29) is 0 Å². The molecule has 4 rings (SSSR count). The number of aromatic nitrogens is 3. The first-order chi connectivity index (χ1) is 12.8. The van der Waals surface area contributed by atoms with Gasteiger partial charge < -0.3 is 9.15 Å². The third-order valence-corrected chi connectivity index (χ3v) is 4.86. The number of rotatable bonds is 6. The lowest BCUT2D eigenvalue weighted by Crippen LogP contribution is -1.96. The van der Waals surface area contributed by atoms with Crippen LogP contribution in [0.4, 0.5) is 0 Å². The van der Waals surface area contributed by atoms with E-state index >= 15 is 0 Å². The summed E-state index contributed by atoms with van der Waals surface area (Å²) in [7, 11) is 1.66. The van der Waals surface area contributed by atoms with E-state index in [0.717, 1.165) is 27.9 Å². The van der Waals surface area contributed by atoms with Crippen molar-refractivity contribution in [3.63, 3.8) is 0 Å². The molecule has 0 N–H and O–H groups in total. The average Bonchev–Trinajstić information content (AvgIpc) is 3.36. The summed E-state index contributed by atoms with van der Waals surface area (Å²) in [6.07, 6.45) is 5.43. The van der Waals surface area contributed by atoms with Gasteiger partial charge in [-0.2, -0.15) is 0 Å². The van der Waals surface area contributed by atoms with Gasteiger partial charge in [-0.05, 0) is 24.3 Å². The van der Waals surface area contributed by atoms with Crippen molar-refractivity contribution in [3.05, 3.63) is 78.9 Å². The fourth-order valence-electron chi connectivity index (χ4n) is 2.58. The molecule has 5 nitrogen and oxygen atoms in total. The Morgan fingerprint density at radius 1 is 1.12 bits per heavy atom. The maximum Gasteiger partial charge on any atom is 0.226 e. The fraction of sp³-hybridized carbons (Fsp3) is 0.100. The third kappa shape index (κ3) is 3.50. The Labute approximate surface area is 155 Å². The van der Waals surface area contributed by atoms with E-state index in [1.165, 1.54) is 0 Å². The Hall–Kier alpha value is -2.99. The topological polar surface area (TPSA) is 53.1 Å². The Kier molecular flexibility index (Phi) is 4.75. The Bertz CT molecular complexity index is 995. The SMILES string of the molecule is COc1cccc(-n2ccnc2SCc2coc(-c3ccccc3)n2)c1. The molecule has 0 atom stereocenters. The summed E-state index contributed by atoms with van der Waals surface area (Å²) >= 11 is 1.61. The number of methoxy groups -OCH3 is 1. The number of nitrogens with zero attached hydrogens (tertiary/aromatic N) is 3. The lowest BCUT2D eigenvalue weighted by molar-refractivity contribution is 0.414. The molecule has 130 valence electrons. The zero-order valence-corrected chi connectivity index (χ0v) is 15.0. The van der Waals surface area contributed by atoms with E-state index in [1.54, 1.807) is 31.3 Å². The molecule has 0 spiro atoms. The van der Waals surface area contributed by atoms with Crippen LogP contribution >= 0.6 is 11.8 Å². The molecule has 0 aliphatic carbocycles. The molecule has 0 radical (unpaired) electrons. The van der Waals surface area contributed by atoms with Crippen molar-refractivity contribution in [3.8, 4) is 22.9 Å². The number of ether oxygens (including phenoxy) is 1. The van der Waals surface area contributed by atoms with E-state index in [2.05, 4.69) is 9.97 Å². The Balaban J connectivity index is 1.49. The molecule has 26 heavy (non-hydrogen) atoms. The third-order valence-electron chi connectivity index (χ3n) is 3.86. The molecule has 2 aromatic carbocycles. The van der Waals surface area contributed by atoms with Gasteiger partial charge in [-0.15, -0.1) is 0 Å². The Morgan fingerprint density at radius 2 is 2.00 bits per heavy atom. The standard InChI is InChI=1S/C20H17N3O2S/c1-24-18-9-5-8-17(12-18)23-11-10-21-20(23)26-14-16-13-25-19(22-16)15-6-3-2-4-7-15/h2-13H,14H2,1H3. The first-order valence-corrected chi connectivity index (χ1v) is 9.12. The maximum atomic E-state index is 5.60. The minimum absolute atomic E-state index is 0.636. The van der Waals surface area contributed by atoms with Gasteiger partial charge in [0.05, 0.1) is 18.5 Å². The van der Waals surface area contributed by atoms with Crippen molar-refractivity contribution < 1.29 is 9.15 Å². The normalized spacial score (nSPS) is 10.8. The summed E-state index contributed by atoms with van der Waals surface area (Å²) in [5.74, 6) is 2.13. The second-order valence-electron chi connectivity index (χ2n) is 5.58. The number of thioether (sulfide) groups is 1. The van der Waals surface area contributed by atoms with Crippen LogP contribution < -0.4 is 4.74 Å². The van der Waals surface area contributed by atoms with E-state index in [0.29, 0.717) is 11.6 Å². The van der Waals surface area contributed by atoms with Crippen molar-refractivity contribution in [2.75, 3.05) is 7.11 Å². The number of hydrogen-bond acceptors (Lipinski definition) is 5. The summed E-state index contributed by atoms with van der Waals surface area (Å²) in [5, 5.41) is 0.891. The van der Waals surface area contributed by atoms with Crippen molar-refractivity contribution in [2.24, 2.45) is 0 Å². The number of oxazole rings is 1. The summed E-state index contributed by atoms with van der Waals surface area (Å²) in [4.78, 5) is 9.02. The van der Waals surface area contributed by atoms with Crippen LogP contribution in [-0.2, 0) is 5.75 Å². The monoisotopic (exact) mass is 363 g/mol. The van der Waals surface area contributed by atoms with Crippen LogP contribution in [0.5, 0.6) is 5.75 Å². The van der Waals surface area contributed by atoms with E-state index in [4.69, 9.17) is 9.15 Å². The predicted molar refractivity (Wildman–Crippen MR) is 102 cm³/mol. The van der Waals surface area contributed by atoms with Gasteiger partial charge in [0.2, 0.25) is 5.89 Å². The van der Waals surface area contributed by atoms with Gasteiger partial charge in [-0.25, -0.2) is 9.97 Å². The molecule has 0 fully saturated rings. The molecule has 4 aromatic rings. The van der Waals surface area contributed by atoms with Crippen molar-refractivity contribution in [1.29, 1.82) is 0 Å². The lowest BCUT2D eigenvalue weighted by atomic mass is 10.2. The lowest BCUT2D eigenvalue weighted by Gasteiger charge is -2.08. The summed E-state index contributed by atoms with van der Waals surface area (Å²) in [5.41, 5.74) is 2.87. The molecule has 0 unspecified atom stereocenters. The molecule has 0 aliphatic rings. The van der Waals surface area contributed by atoms with Crippen LogP contribution in [-0.4, -0.2) is 21.6 Å². The molecular weight excluding hydrogens is 346 g/mol. The summed E-state index contributed by atoms with van der Waals surface area (Å²) in [6, 6.07) is 17.8. The van der Waals surface area contributed by atoms with Gasteiger partial charge in [-0.1, -0.05) is 36.0 Å². The highest BCUT2D eigenvalue weighted by molar-refractivity contribution is 7.98. The van der Waals surface area contributed by atoms with E-state index < -0.39 is 0 Å². The molecule has 2 aromatic heterocycles. The zero-order valence-electron chi connectivity index (χ0n) is 14.2. The molecular formula is C20H17N3O2S. The van der Waals surface area contributed by atoms with Crippen LogP contribution in [0.15, 0.2) is 82.8 Å². The highest BCUT2D eigenvalue weighted by Crippen LogP contribution is 2.27. The average molecular weight is 363 g/mol. The second-order valence-corrected chi connectivity index (χ2v) is 6.52. The van der Waals surface area contributed by atoms with Crippen LogP contribution in [0.3, 0.4) is 0 Å². The van der Waals surface area contributed by atoms with Crippen LogP contribution in [0.25, 0.3) is 17.1 Å². The number of hydrogen-bond donors (Lipinski definition) is 0. The molecule has 0 saturated heterocycles. The van der Waals surface area contributed by atoms with Gasteiger partial charge in [-0.3, -0.25) is 4.57 Å². The van der Waals surface area contributed by atoms with Gasteiger partial charge >= 0.3 is 0 Å². The quantitative estimate of drug-likeness (QED) is 0.459. The summed E-state index contributed by atoms with van der Waals surface area (Å²) < 4.78 is 12.9. The van der Waals surface area contributed by atoms with Crippen LogP contribution in [0, 0.1) is 0 Å². The van der Waals surface area contributed by atoms with E-state index in [1.807, 2.05) is 65.4 Å². The largest absolute Gasteiger partial charge is 0.497 e. The second kappa shape index (κ2) is 7.49. The fourth-order valence-corrected chi connectivity index (χ4v) is 3.43. The van der Waals surface area contributed by atoms with Gasteiger partial charge in [0, 0.05) is 29.8 Å². The zero-order chi connectivity index (χ0) is 17.8. The van der Waals surface area contributed by atoms with E-state index in [9.17, 15) is 0 Å². The van der Waals surface area contributed by atoms with Crippen LogP contribution in [0.2, 0.25) is 0 Å². The smallest absolute Gasteiger partial charge is 0.226 e. The molecule has 0 amide bonds. The highest BCUT2D eigenvalue weighted by atomic mass is 32.2. The summed E-state index contributed by atoms with van der Waals surface area (Å²) in [6.45, 7) is 0. The first kappa shape index (κ1) is 16.5. The Morgan fingerprint density at radius 3 is 2.85 bits per heavy atom.